The van der Waals surface area contributed by atoms with Crippen molar-refractivity contribution in [3.05, 3.63) is 77.1 Å². The highest BCUT2D eigenvalue weighted by Gasteiger charge is 2.42. The number of nitrogens with zero attached hydrogens (tertiary/aromatic N) is 1. The summed E-state index contributed by atoms with van der Waals surface area (Å²) in [5, 5.41) is 12.0. The summed E-state index contributed by atoms with van der Waals surface area (Å²) in [4.78, 5) is 2.13. The van der Waals surface area contributed by atoms with Gasteiger partial charge < -0.3 is 10.0 Å². The van der Waals surface area contributed by atoms with E-state index in [4.69, 9.17) is 0 Å². The zero-order valence-corrected chi connectivity index (χ0v) is 15.7. The second-order valence-corrected chi connectivity index (χ2v) is 7.56. The minimum absolute atomic E-state index is 0.0698. The Morgan fingerprint density at radius 1 is 1.08 bits per heavy atom. The van der Waals surface area contributed by atoms with E-state index < -0.39 is 5.60 Å². The summed E-state index contributed by atoms with van der Waals surface area (Å²) in [6.45, 7) is 0.792. The smallest absolute Gasteiger partial charge is 0.123 e. The Morgan fingerprint density at radius 2 is 1.77 bits per heavy atom. The molecule has 2 atom stereocenters. The first-order valence-corrected chi connectivity index (χ1v) is 9.39. The standard InChI is InChI=1S/C23H28FNO/c1-25(2)17-21-11-7-6-10-20(16-18-8-4-3-5-9-18)23(21,26)19-12-14-22(24)15-13-19/h3-5,8-9,12-16,21,26H,6-7,10-11,17H2,1-2H3. The van der Waals surface area contributed by atoms with Gasteiger partial charge in [-0.25, -0.2) is 4.39 Å². The lowest BCUT2D eigenvalue weighted by Gasteiger charge is -2.39. The van der Waals surface area contributed by atoms with Gasteiger partial charge in [-0.1, -0.05) is 55.0 Å². The number of benzene rings is 2. The maximum absolute atomic E-state index is 13.5. The third kappa shape index (κ3) is 4.05. The summed E-state index contributed by atoms with van der Waals surface area (Å²) in [5.41, 5.74) is 1.83. The van der Waals surface area contributed by atoms with Crippen LogP contribution in [0, 0.1) is 11.7 Å². The van der Waals surface area contributed by atoms with Gasteiger partial charge in [-0.15, -0.1) is 0 Å². The second-order valence-electron chi connectivity index (χ2n) is 7.56. The van der Waals surface area contributed by atoms with Crippen molar-refractivity contribution in [3.63, 3.8) is 0 Å². The molecule has 0 amide bonds. The third-order valence-electron chi connectivity index (χ3n) is 5.34. The van der Waals surface area contributed by atoms with Crippen molar-refractivity contribution < 1.29 is 9.50 Å². The molecule has 1 aliphatic carbocycles. The summed E-state index contributed by atoms with van der Waals surface area (Å²) >= 11 is 0. The van der Waals surface area contributed by atoms with Crippen LogP contribution in [-0.4, -0.2) is 30.6 Å². The van der Waals surface area contributed by atoms with E-state index in [1.807, 2.05) is 32.3 Å². The van der Waals surface area contributed by atoms with Crippen molar-refractivity contribution in [3.8, 4) is 0 Å². The lowest BCUT2D eigenvalue weighted by Crippen LogP contribution is -2.41. The monoisotopic (exact) mass is 353 g/mol. The second kappa shape index (κ2) is 8.15. The molecule has 1 fully saturated rings. The molecule has 3 heteroatoms. The van der Waals surface area contributed by atoms with Crippen molar-refractivity contribution in [1.29, 1.82) is 0 Å². The highest BCUT2D eigenvalue weighted by Crippen LogP contribution is 2.45. The molecule has 2 nitrogen and oxygen atoms in total. The van der Waals surface area contributed by atoms with Crippen molar-refractivity contribution in [1.82, 2.24) is 4.90 Å². The van der Waals surface area contributed by atoms with Gasteiger partial charge in [-0.3, -0.25) is 0 Å². The lowest BCUT2D eigenvalue weighted by atomic mass is 9.74. The van der Waals surface area contributed by atoms with Gasteiger partial charge in [0.25, 0.3) is 0 Å². The van der Waals surface area contributed by atoms with E-state index in [1.54, 1.807) is 12.1 Å². The van der Waals surface area contributed by atoms with Crippen LogP contribution >= 0.6 is 0 Å². The maximum Gasteiger partial charge on any atom is 0.123 e. The molecule has 1 N–H and O–H groups in total. The molecule has 138 valence electrons. The molecule has 0 aliphatic heterocycles. The molecule has 2 aromatic rings. The van der Waals surface area contributed by atoms with Crippen LogP contribution in [0.3, 0.4) is 0 Å². The molecule has 0 radical (unpaired) electrons. The number of rotatable bonds is 4. The fraction of sp³-hybridized carbons (Fsp3) is 0.391. The van der Waals surface area contributed by atoms with Crippen LogP contribution in [0.4, 0.5) is 4.39 Å². The first-order chi connectivity index (χ1) is 12.5. The Balaban J connectivity index is 2.12. The molecule has 0 aromatic heterocycles. The molecule has 2 aromatic carbocycles. The number of aliphatic hydroxyl groups is 1. The molecule has 26 heavy (non-hydrogen) atoms. The van der Waals surface area contributed by atoms with Crippen molar-refractivity contribution >= 4 is 6.08 Å². The zero-order chi connectivity index (χ0) is 18.6. The van der Waals surface area contributed by atoms with Crippen LogP contribution < -0.4 is 0 Å². The van der Waals surface area contributed by atoms with Crippen LogP contribution in [0.25, 0.3) is 6.08 Å². The van der Waals surface area contributed by atoms with E-state index >= 15 is 0 Å². The van der Waals surface area contributed by atoms with Gasteiger partial charge in [0, 0.05) is 12.5 Å². The van der Waals surface area contributed by atoms with E-state index in [9.17, 15) is 9.50 Å². The lowest BCUT2D eigenvalue weighted by molar-refractivity contribution is 0.000439. The van der Waals surface area contributed by atoms with Crippen LogP contribution in [0.15, 0.2) is 60.2 Å². The van der Waals surface area contributed by atoms with Gasteiger partial charge in [-0.05, 0) is 62.2 Å². The normalized spacial score (nSPS) is 25.4. The van der Waals surface area contributed by atoms with Gasteiger partial charge in [0.15, 0.2) is 0 Å². The van der Waals surface area contributed by atoms with Crippen molar-refractivity contribution in [2.75, 3.05) is 20.6 Å². The van der Waals surface area contributed by atoms with Crippen LogP contribution in [-0.2, 0) is 5.60 Å². The van der Waals surface area contributed by atoms with Gasteiger partial charge in [-0.2, -0.15) is 0 Å². The SMILES string of the molecule is CN(C)CC1CCCCC(=Cc2ccccc2)C1(O)c1ccc(F)cc1. The van der Waals surface area contributed by atoms with Gasteiger partial charge in [0.05, 0.1) is 0 Å². The maximum atomic E-state index is 13.5. The van der Waals surface area contributed by atoms with E-state index in [2.05, 4.69) is 23.1 Å². The number of hydrogen-bond donors (Lipinski definition) is 1. The summed E-state index contributed by atoms with van der Waals surface area (Å²) in [6, 6.07) is 16.5. The quantitative estimate of drug-likeness (QED) is 0.795. The Morgan fingerprint density at radius 3 is 2.42 bits per heavy atom. The van der Waals surface area contributed by atoms with E-state index in [0.29, 0.717) is 0 Å². The Bertz CT molecular complexity index is 739. The predicted octanol–water partition coefficient (Wildman–Crippen LogP) is 4.85. The zero-order valence-electron chi connectivity index (χ0n) is 15.7. The molecule has 0 spiro atoms. The van der Waals surface area contributed by atoms with Crippen molar-refractivity contribution in [2.24, 2.45) is 5.92 Å². The number of halogens is 1. The third-order valence-corrected chi connectivity index (χ3v) is 5.34. The molecule has 1 aliphatic rings. The number of hydrogen-bond acceptors (Lipinski definition) is 2. The molecular weight excluding hydrogens is 325 g/mol. The van der Waals surface area contributed by atoms with Crippen molar-refractivity contribution in [2.45, 2.75) is 31.3 Å². The Hall–Kier alpha value is -1.97. The largest absolute Gasteiger partial charge is 0.380 e. The summed E-state index contributed by atoms with van der Waals surface area (Å²) in [7, 11) is 4.08. The fourth-order valence-electron chi connectivity index (χ4n) is 4.09. The topological polar surface area (TPSA) is 23.5 Å². The van der Waals surface area contributed by atoms with E-state index in [-0.39, 0.29) is 11.7 Å². The van der Waals surface area contributed by atoms with Gasteiger partial charge in [0.2, 0.25) is 0 Å². The Kier molecular flexibility index (Phi) is 5.90. The summed E-state index contributed by atoms with van der Waals surface area (Å²) in [6.07, 6.45) is 6.09. The van der Waals surface area contributed by atoms with E-state index in [0.717, 1.165) is 48.9 Å². The molecule has 0 heterocycles. The van der Waals surface area contributed by atoms with Crippen LogP contribution in [0.1, 0.15) is 36.8 Å². The van der Waals surface area contributed by atoms with Crippen LogP contribution in [0.5, 0.6) is 0 Å². The Labute approximate surface area is 156 Å². The summed E-state index contributed by atoms with van der Waals surface area (Å²) < 4.78 is 13.5. The molecule has 3 rings (SSSR count). The first kappa shape index (κ1) is 18.8. The summed E-state index contributed by atoms with van der Waals surface area (Å²) in [5.74, 6) is -0.204. The average molecular weight is 353 g/mol. The molecular formula is C23H28FNO. The highest BCUT2D eigenvalue weighted by molar-refractivity contribution is 5.57. The molecule has 1 saturated carbocycles. The highest BCUT2D eigenvalue weighted by atomic mass is 19.1. The molecule has 2 unspecified atom stereocenters. The van der Waals surface area contributed by atoms with Gasteiger partial charge >= 0.3 is 0 Å². The van der Waals surface area contributed by atoms with Gasteiger partial charge in [0.1, 0.15) is 11.4 Å². The minimum Gasteiger partial charge on any atom is -0.380 e. The van der Waals surface area contributed by atoms with E-state index in [1.165, 1.54) is 12.1 Å². The molecule has 0 saturated heterocycles. The minimum atomic E-state index is -1.08. The van der Waals surface area contributed by atoms with Crippen LogP contribution in [0.2, 0.25) is 0 Å². The molecule has 0 bridgehead atoms. The predicted molar refractivity (Wildman–Crippen MR) is 105 cm³/mol. The fourth-order valence-corrected chi connectivity index (χ4v) is 4.09. The average Bonchev–Trinajstić information content (AvgIpc) is 2.77. The first-order valence-electron chi connectivity index (χ1n) is 9.39.